The van der Waals surface area contributed by atoms with E-state index in [1.807, 2.05) is 0 Å². The van der Waals surface area contributed by atoms with Gasteiger partial charge in [0.2, 0.25) is 0 Å². The van der Waals surface area contributed by atoms with Gasteiger partial charge in [-0.15, -0.1) is 0 Å². The van der Waals surface area contributed by atoms with E-state index in [2.05, 4.69) is 47.4 Å². The Balaban J connectivity index is -0.000000125. The Hall–Kier alpha value is -2.41. The highest BCUT2D eigenvalue weighted by Crippen LogP contribution is 2.24. The first-order chi connectivity index (χ1) is 11.4. The molecule has 0 aliphatic carbocycles. The van der Waals surface area contributed by atoms with Crippen LogP contribution in [0.15, 0.2) is 36.5 Å². The van der Waals surface area contributed by atoms with Crippen molar-refractivity contribution >= 4 is 17.9 Å². The first kappa shape index (κ1) is 31.4. The second-order valence-electron chi connectivity index (χ2n) is 6.56. The molecule has 0 fully saturated rings. The van der Waals surface area contributed by atoms with E-state index in [4.69, 9.17) is 20.4 Å². The number of carboxylic acid groups (broad SMARTS) is 3. The monoisotopic (exact) mass is 374 g/mol. The summed E-state index contributed by atoms with van der Waals surface area (Å²) in [6, 6.07) is 0. The van der Waals surface area contributed by atoms with Crippen molar-refractivity contribution in [1.82, 2.24) is 0 Å². The summed E-state index contributed by atoms with van der Waals surface area (Å²) in [6.45, 7) is 22.5. The molecule has 0 aliphatic rings. The van der Waals surface area contributed by atoms with E-state index in [-0.39, 0.29) is 28.7 Å². The number of carbonyl (C=O) groups is 3. The third kappa shape index (κ3) is 26.5. The molecule has 26 heavy (non-hydrogen) atoms. The van der Waals surface area contributed by atoms with Crippen LogP contribution in [0.4, 0.5) is 0 Å². The summed E-state index contributed by atoms with van der Waals surface area (Å²) in [6.07, 6.45) is 0. The van der Waals surface area contributed by atoms with Crippen LogP contribution in [0.25, 0.3) is 0 Å². The second-order valence-corrected chi connectivity index (χ2v) is 6.56. The van der Waals surface area contributed by atoms with E-state index >= 15 is 0 Å². The average molecular weight is 374 g/mol. The molecule has 0 aliphatic heterocycles. The molecule has 0 aromatic heterocycles. The van der Waals surface area contributed by atoms with Gasteiger partial charge in [-0.25, -0.2) is 14.4 Å². The number of rotatable bonds is 5. The highest BCUT2D eigenvalue weighted by atomic mass is 16.4. The highest BCUT2D eigenvalue weighted by molar-refractivity contribution is 5.85. The third-order valence-corrected chi connectivity index (χ3v) is 3.07. The number of aliphatic hydroxyl groups excluding tert-OH is 1. The normalized spacial score (nSPS) is 9.12. The number of aliphatic hydroxyl groups is 1. The zero-order valence-electron chi connectivity index (χ0n) is 16.9. The summed E-state index contributed by atoms with van der Waals surface area (Å²) in [5.74, 6) is -2.24. The van der Waals surface area contributed by atoms with Crippen molar-refractivity contribution in [2.45, 2.75) is 48.5 Å². The van der Waals surface area contributed by atoms with Gasteiger partial charge in [-0.3, -0.25) is 0 Å². The maximum absolute atomic E-state index is 9.60. The van der Waals surface area contributed by atoms with Crippen LogP contribution >= 0.6 is 0 Å². The fourth-order valence-electron chi connectivity index (χ4n) is 0.183. The van der Waals surface area contributed by atoms with Crippen molar-refractivity contribution in [2.24, 2.45) is 11.3 Å². The standard InChI is InChI=1S/C7H16O.3C4H6O2/c1-6(2)7(3,4)5-8;3*1-3(2)4(5)6/h6,8H,5H2,1-4H3;3*1H2,2H3,(H,5,6). The SMILES string of the molecule is C=C(C)C(=O)O.C=C(C)C(=O)O.C=C(C)C(=O)O.CC(C)C(C)(C)CO. The van der Waals surface area contributed by atoms with Gasteiger partial charge in [0, 0.05) is 23.3 Å². The van der Waals surface area contributed by atoms with E-state index < -0.39 is 17.9 Å². The van der Waals surface area contributed by atoms with E-state index in [0.717, 1.165) is 0 Å². The molecule has 0 saturated heterocycles. The van der Waals surface area contributed by atoms with Crippen molar-refractivity contribution in [3.63, 3.8) is 0 Å². The molecule has 0 aromatic rings. The topological polar surface area (TPSA) is 132 Å². The summed E-state index contributed by atoms with van der Waals surface area (Å²) < 4.78 is 0. The summed E-state index contributed by atoms with van der Waals surface area (Å²) in [5, 5.41) is 32.4. The Morgan fingerprint density at radius 2 is 0.923 bits per heavy atom. The minimum Gasteiger partial charge on any atom is -0.478 e. The lowest BCUT2D eigenvalue weighted by atomic mass is 9.82. The lowest BCUT2D eigenvalue weighted by Gasteiger charge is -2.25. The molecule has 7 nitrogen and oxygen atoms in total. The van der Waals surface area contributed by atoms with Crippen molar-refractivity contribution in [1.29, 1.82) is 0 Å². The molecular weight excluding hydrogens is 340 g/mol. The summed E-state index contributed by atoms with van der Waals surface area (Å²) >= 11 is 0. The Bertz CT molecular complexity index is 407. The summed E-state index contributed by atoms with van der Waals surface area (Å²) in [5.41, 5.74) is 0.625. The first-order valence-electron chi connectivity index (χ1n) is 7.71. The lowest BCUT2D eigenvalue weighted by Crippen LogP contribution is -2.23. The van der Waals surface area contributed by atoms with Gasteiger partial charge in [0.1, 0.15) is 0 Å². The maximum Gasteiger partial charge on any atom is 0.330 e. The fourth-order valence-corrected chi connectivity index (χ4v) is 0.183. The number of hydrogen-bond donors (Lipinski definition) is 4. The summed E-state index contributed by atoms with van der Waals surface area (Å²) in [4.78, 5) is 28.8. The van der Waals surface area contributed by atoms with Gasteiger partial charge in [0.15, 0.2) is 0 Å². The van der Waals surface area contributed by atoms with Crippen LogP contribution in [0.1, 0.15) is 48.5 Å². The third-order valence-electron chi connectivity index (χ3n) is 3.07. The van der Waals surface area contributed by atoms with E-state index in [0.29, 0.717) is 5.92 Å². The smallest absolute Gasteiger partial charge is 0.330 e. The maximum atomic E-state index is 9.60. The molecule has 0 spiro atoms. The molecule has 0 atom stereocenters. The highest BCUT2D eigenvalue weighted by Gasteiger charge is 2.20. The van der Waals surface area contributed by atoms with Crippen molar-refractivity contribution in [3.05, 3.63) is 36.5 Å². The van der Waals surface area contributed by atoms with Gasteiger partial charge in [-0.2, -0.15) is 0 Å². The molecule has 0 saturated carbocycles. The van der Waals surface area contributed by atoms with Crippen LogP contribution in [0.3, 0.4) is 0 Å². The molecule has 0 rings (SSSR count). The van der Waals surface area contributed by atoms with Crippen LogP contribution < -0.4 is 0 Å². The molecule has 0 amide bonds. The van der Waals surface area contributed by atoms with Gasteiger partial charge >= 0.3 is 17.9 Å². The number of hydrogen-bond acceptors (Lipinski definition) is 4. The van der Waals surface area contributed by atoms with E-state index in [9.17, 15) is 14.4 Å². The van der Waals surface area contributed by atoms with Gasteiger partial charge in [-0.1, -0.05) is 47.4 Å². The predicted octanol–water partition coefficient (Wildman–Crippen LogP) is 3.60. The Morgan fingerprint density at radius 3 is 0.923 bits per heavy atom. The lowest BCUT2D eigenvalue weighted by molar-refractivity contribution is -0.133. The van der Waals surface area contributed by atoms with Crippen molar-refractivity contribution in [3.8, 4) is 0 Å². The van der Waals surface area contributed by atoms with Gasteiger partial charge in [0.05, 0.1) is 0 Å². The Labute approximate surface area is 156 Å². The van der Waals surface area contributed by atoms with Gasteiger partial charge < -0.3 is 20.4 Å². The quantitative estimate of drug-likeness (QED) is 0.540. The van der Waals surface area contributed by atoms with E-state index in [1.165, 1.54) is 20.8 Å². The first-order valence-corrected chi connectivity index (χ1v) is 7.71. The van der Waals surface area contributed by atoms with Crippen LogP contribution in [0, 0.1) is 11.3 Å². The molecule has 0 radical (unpaired) electrons. The molecule has 4 N–H and O–H groups in total. The Morgan fingerprint density at radius 1 is 0.769 bits per heavy atom. The Kier molecular flexibility index (Phi) is 19.4. The molecule has 0 bridgehead atoms. The molecule has 152 valence electrons. The van der Waals surface area contributed by atoms with E-state index in [1.54, 1.807) is 0 Å². The molecule has 7 heteroatoms. The number of carboxylic acids is 3. The van der Waals surface area contributed by atoms with Crippen molar-refractivity contribution < 1.29 is 34.8 Å². The van der Waals surface area contributed by atoms with Gasteiger partial charge in [-0.05, 0) is 32.1 Å². The van der Waals surface area contributed by atoms with Crippen molar-refractivity contribution in [2.75, 3.05) is 6.61 Å². The van der Waals surface area contributed by atoms with Crippen LogP contribution in [0.2, 0.25) is 0 Å². The predicted molar refractivity (Wildman–Crippen MR) is 103 cm³/mol. The minimum atomic E-state index is -0.935. The van der Waals surface area contributed by atoms with Crippen LogP contribution in [-0.4, -0.2) is 44.9 Å². The zero-order valence-corrected chi connectivity index (χ0v) is 16.9. The minimum absolute atomic E-state index is 0.0972. The zero-order chi connectivity index (χ0) is 22.2. The van der Waals surface area contributed by atoms with Crippen LogP contribution in [0.5, 0.6) is 0 Å². The molecule has 0 heterocycles. The van der Waals surface area contributed by atoms with Gasteiger partial charge in [0.25, 0.3) is 0 Å². The fraction of sp³-hybridized carbons (Fsp3) is 0.526. The largest absolute Gasteiger partial charge is 0.478 e. The summed E-state index contributed by atoms with van der Waals surface area (Å²) in [7, 11) is 0. The molecule has 0 aromatic carbocycles. The molecular formula is C19H34O7. The molecule has 0 unspecified atom stereocenters. The second kappa shape index (κ2) is 16.1. The average Bonchev–Trinajstić information content (AvgIpc) is 2.48. The van der Waals surface area contributed by atoms with Crippen LogP contribution in [-0.2, 0) is 14.4 Å². The number of aliphatic carboxylic acids is 3.